The second-order valence-electron chi connectivity index (χ2n) is 2.88. The Kier molecular flexibility index (Phi) is 3.13. The maximum absolute atomic E-state index is 5.28. The first-order chi connectivity index (χ1) is 5.77. The molecule has 0 bridgehead atoms. The molecule has 70 valence electrons. The Morgan fingerprint density at radius 1 is 1.46 bits per heavy atom. The van der Waals surface area contributed by atoms with E-state index in [2.05, 4.69) is 0 Å². The minimum absolute atomic E-state index is 0. The average Bonchev–Trinajstić information content (AvgIpc) is 2.58. The lowest BCUT2D eigenvalue weighted by molar-refractivity contribution is -0.670. The molecule has 0 N–H and O–H groups in total. The average molecular weight is 290 g/mol. The second kappa shape index (κ2) is 3.95. The third kappa shape index (κ3) is 1.93. The molecule has 0 saturated heterocycles. The molecule has 0 unspecified atom stereocenters. The number of aromatic nitrogens is 2. The molecule has 2 aromatic heterocycles. The van der Waals surface area contributed by atoms with Gasteiger partial charge in [-0.15, -0.1) is 0 Å². The first-order valence-corrected chi connectivity index (χ1v) is 3.83. The van der Waals surface area contributed by atoms with Gasteiger partial charge in [-0.3, -0.25) is 0 Å². The van der Waals surface area contributed by atoms with E-state index in [9.17, 15) is 0 Å². The van der Waals surface area contributed by atoms with Crippen molar-refractivity contribution in [3.8, 4) is 11.5 Å². The standard InChI is InChI=1S/C9H11N2O.HI/c1-10-6-8(11(2)7-10)9-4-3-5-12-9;/h3-7H,1-2H3;1H/q+1;/p-1. The Hall–Kier alpha value is -0.780. The summed E-state index contributed by atoms with van der Waals surface area (Å²) in [4.78, 5) is 0. The normalized spacial score (nSPS) is 9.69. The number of imidazole rings is 1. The predicted octanol–water partition coefficient (Wildman–Crippen LogP) is -1.89. The summed E-state index contributed by atoms with van der Waals surface area (Å²) < 4.78 is 9.30. The molecule has 13 heavy (non-hydrogen) atoms. The summed E-state index contributed by atoms with van der Waals surface area (Å²) in [6.07, 6.45) is 5.71. The van der Waals surface area contributed by atoms with Crippen LogP contribution in [0.1, 0.15) is 0 Å². The Balaban J connectivity index is 0.000000845. The Morgan fingerprint density at radius 3 is 2.69 bits per heavy atom. The van der Waals surface area contributed by atoms with E-state index in [1.165, 1.54) is 0 Å². The molecule has 4 heteroatoms. The molecular weight excluding hydrogens is 279 g/mol. The van der Waals surface area contributed by atoms with Gasteiger partial charge in [-0.05, 0) is 12.1 Å². The molecule has 0 aliphatic heterocycles. The second-order valence-corrected chi connectivity index (χ2v) is 2.88. The zero-order valence-electron chi connectivity index (χ0n) is 7.57. The molecule has 0 spiro atoms. The van der Waals surface area contributed by atoms with Crippen LogP contribution in [0.3, 0.4) is 0 Å². The van der Waals surface area contributed by atoms with Crippen LogP contribution in [0.15, 0.2) is 35.3 Å². The van der Waals surface area contributed by atoms with Crippen molar-refractivity contribution in [1.29, 1.82) is 0 Å². The highest BCUT2D eigenvalue weighted by molar-refractivity contribution is 5.49. The van der Waals surface area contributed by atoms with Gasteiger partial charge >= 0.3 is 0 Å². The number of furan rings is 1. The van der Waals surface area contributed by atoms with E-state index in [0.717, 1.165) is 11.5 Å². The quantitative estimate of drug-likeness (QED) is 0.445. The summed E-state index contributed by atoms with van der Waals surface area (Å²) in [5.41, 5.74) is 1.09. The van der Waals surface area contributed by atoms with Crippen molar-refractivity contribution in [3.63, 3.8) is 0 Å². The van der Waals surface area contributed by atoms with Gasteiger partial charge < -0.3 is 28.4 Å². The highest BCUT2D eigenvalue weighted by Crippen LogP contribution is 2.16. The van der Waals surface area contributed by atoms with E-state index in [0.29, 0.717) is 0 Å². The first kappa shape index (κ1) is 10.3. The zero-order chi connectivity index (χ0) is 8.55. The number of nitrogens with zero attached hydrogens (tertiary/aromatic N) is 2. The van der Waals surface area contributed by atoms with Crippen LogP contribution < -0.4 is 28.5 Å². The number of aryl methyl sites for hydroxylation is 2. The predicted molar refractivity (Wildman–Crippen MR) is 44.3 cm³/mol. The Labute approximate surface area is 94.0 Å². The molecule has 2 rings (SSSR count). The van der Waals surface area contributed by atoms with Crippen molar-refractivity contribution >= 4 is 0 Å². The van der Waals surface area contributed by atoms with E-state index >= 15 is 0 Å². The van der Waals surface area contributed by atoms with Gasteiger partial charge in [0.2, 0.25) is 12.0 Å². The van der Waals surface area contributed by atoms with E-state index < -0.39 is 0 Å². The summed E-state index contributed by atoms with van der Waals surface area (Å²) in [7, 11) is 3.99. The van der Waals surface area contributed by atoms with Gasteiger partial charge in [-0.2, -0.15) is 0 Å². The van der Waals surface area contributed by atoms with Crippen LogP contribution >= 0.6 is 0 Å². The fourth-order valence-electron chi connectivity index (χ4n) is 1.31. The summed E-state index contributed by atoms with van der Waals surface area (Å²) in [6, 6.07) is 3.84. The summed E-state index contributed by atoms with van der Waals surface area (Å²) in [5, 5.41) is 0. The van der Waals surface area contributed by atoms with E-state index in [1.54, 1.807) is 6.26 Å². The topological polar surface area (TPSA) is 21.9 Å². The molecule has 0 atom stereocenters. The monoisotopic (exact) mass is 290 g/mol. The number of rotatable bonds is 1. The van der Waals surface area contributed by atoms with Crippen LogP contribution in [0, 0.1) is 0 Å². The molecule has 0 saturated carbocycles. The minimum atomic E-state index is 0. The van der Waals surface area contributed by atoms with E-state index in [4.69, 9.17) is 4.42 Å². The highest BCUT2D eigenvalue weighted by atomic mass is 127. The van der Waals surface area contributed by atoms with Crippen LogP contribution in [-0.4, -0.2) is 4.57 Å². The summed E-state index contributed by atoms with van der Waals surface area (Å²) >= 11 is 0. The van der Waals surface area contributed by atoms with Gasteiger partial charge in [0.05, 0.1) is 20.4 Å². The number of hydrogen-bond donors (Lipinski definition) is 0. The lowest BCUT2D eigenvalue weighted by atomic mass is 10.3. The molecule has 0 amide bonds. The number of halogens is 1. The van der Waals surface area contributed by atoms with Crippen molar-refractivity contribution in [2.45, 2.75) is 0 Å². The highest BCUT2D eigenvalue weighted by Gasteiger charge is 2.11. The van der Waals surface area contributed by atoms with Gasteiger partial charge in [-0.1, -0.05) is 0 Å². The molecule has 2 heterocycles. The van der Waals surface area contributed by atoms with Crippen molar-refractivity contribution in [2.24, 2.45) is 14.1 Å². The molecule has 2 aromatic rings. The van der Waals surface area contributed by atoms with Crippen LogP contribution in [0.2, 0.25) is 0 Å². The van der Waals surface area contributed by atoms with Gasteiger partial charge in [0, 0.05) is 0 Å². The molecule has 0 radical (unpaired) electrons. The van der Waals surface area contributed by atoms with Crippen LogP contribution in [-0.2, 0) is 14.1 Å². The van der Waals surface area contributed by atoms with Crippen LogP contribution in [0.5, 0.6) is 0 Å². The smallest absolute Gasteiger partial charge is 0.243 e. The van der Waals surface area contributed by atoms with Crippen LogP contribution in [0.25, 0.3) is 11.5 Å². The summed E-state index contributed by atoms with van der Waals surface area (Å²) in [5.74, 6) is 0.901. The van der Waals surface area contributed by atoms with Gasteiger partial charge in [0.15, 0.2) is 5.76 Å². The maximum atomic E-state index is 5.28. The fraction of sp³-hybridized carbons (Fsp3) is 0.222. The Morgan fingerprint density at radius 2 is 2.23 bits per heavy atom. The maximum Gasteiger partial charge on any atom is 0.243 e. The summed E-state index contributed by atoms with van der Waals surface area (Å²) in [6.45, 7) is 0. The van der Waals surface area contributed by atoms with Gasteiger partial charge in [-0.25, -0.2) is 9.13 Å². The lowest BCUT2D eigenvalue weighted by Gasteiger charge is -1.87. The van der Waals surface area contributed by atoms with Crippen molar-refractivity contribution < 1.29 is 33.0 Å². The van der Waals surface area contributed by atoms with Crippen molar-refractivity contribution in [1.82, 2.24) is 4.57 Å². The molecule has 0 aromatic carbocycles. The molecule has 0 fully saturated rings. The molecule has 0 aliphatic rings. The Bertz CT molecular complexity index is 378. The van der Waals surface area contributed by atoms with Crippen molar-refractivity contribution in [3.05, 3.63) is 30.9 Å². The van der Waals surface area contributed by atoms with E-state index in [-0.39, 0.29) is 24.0 Å². The van der Waals surface area contributed by atoms with E-state index in [1.807, 2.05) is 47.9 Å². The zero-order valence-corrected chi connectivity index (χ0v) is 9.72. The largest absolute Gasteiger partial charge is 1.00 e. The minimum Gasteiger partial charge on any atom is -1.00 e. The van der Waals surface area contributed by atoms with Gasteiger partial charge in [0.1, 0.15) is 6.20 Å². The molecular formula is C9H11IN2O. The lowest BCUT2D eigenvalue weighted by Crippen LogP contribution is -3.00. The van der Waals surface area contributed by atoms with Gasteiger partial charge in [0.25, 0.3) is 0 Å². The third-order valence-electron chi connectivity index (χ3n) is 1.83. The number of hydrogen-bond acceptors (Lipinski definition) is 1. The third-order valence-corrected chi connectivity index (χ3v) is 1.83. The molecule has 0 aliphatic carbocycles. The van der Waals surface area contributed by atoms with Crippen molar-refractivity contribution in [2.75, 3.05) is 0 Å². The SMILES string of the molecule is Cn1c[n+](C)cc1-c1ccco1.[I-]. The first-order valence-electron chi connectivity index (χ1n) is 3.83. The molecule has 3 nitrogen and oxygen atoms in total. The van der Waals surface area contributed by atoms with Crippen LogP contribution in [0.4, 0.5) is 0 Å². The fourth-order valence-corrected chi connectivity index (χ4v) is 1.31.